The molecule has 3 rings (SSSR count). The first-order valence-electron chi connectivity index (χ1n) is 9.18. The zero-order valence-electron chi connectivity index (χ0n) is 15.9. The van der Waals surface area contributed by atoms with E-state index in [0.717, 1.165) is 16.0 Å². The van der Waals surface area contributed by atoms with E-state index >= 15 is 0 Å². The number of rotatable bonds is 8. The molecule has 1 atom stereocenters. The van der Waals surface area contributed by atoms with E-state index < -0.39 is 0 Å². The number of hydrogen-bond donors (Lipinski definition) is 3. The fourth-order valence-corrected chi connectivity index (χ4v) is 3.86. The van der Waals surface area contributed by atoms with E-state index in [1.807, 2.05) is 54.8 Å². The Labute approximate surface area is 179 Å². The van der Waals surface area contributed by atoms with Gasteiger partial charge in [0.25, 0.3) is 0 Å². The van der Waals surface area contributed by atoms with Crippen LogP contribution >= 0.6 is 22.9 Å². The van der Waals surface area contributed by atoms with E-state index in [9.17, 15) is 9.59 Å². The van der Waals surface area contributed by atoms with Crippen molar-refractivity contribution in [3.8, 4) is 0 Å². The highest BCUT2D eigenvalue weighted by Gasteiger charge is 2.16. The van der Waals surface area contributed by atoms with E-state index in [1.165, 1.54) is 0 Å². The number of benzene rings is 2. The SMILES string of the molecule is Cc1c(Cl)cccc1NC(=O)CNC(=O)CNC(c1ccccc1)c1cccs1. The monoisotopic (exact) mass is 427 g/mol. The number of anilines is 1. The van der Waals surface area contributed by atoms with Gasteiger partial charge < -0.3 is 10.6 Å². The van der Waals surface area contributed by atoms with Gasteiger partial charge >= 0.3 is 0 Å². The molecule has 0 fully saturated rings. The van der Waals surface area contributed by atoms with Crippen molar-refractivity contribution in [1.82, 2.24) is 10.6 Å². The standard InChI is InChI=1S/C22H22ClN3O2S/c1-15-17(23)9-5-10-18(15)26-21(28)14-24-20(27)13-25-22(19-11-6-12-29-19)16-7-3-2-4-8-16/h2-12,22,25H,13-14H2,1H3,(H,24,27)(H,26,28). The van der Waals surface area contributed by atoms with Crippen LogP contribution in [-0.4, -0.2) is 24.9 Å². The summed E-state index contributed by atoms with van der Waals surface area (Å²) in [4.78, 5) is 25.5. The number of carbonyl (C=O) groups is 2. The molecule has 3 aromatic rings. The third-order valence-electron chi connectivity index (χ3n) is 4.42. The third-order valence-corrected chi connectivity index (χ3v) is 5.76. The normalized spacial score (nSPS) is 11.7. The molecular weight excluding hydrogens is 406 g/mol. The van der Waals surface area contributed by atoms with Gasteiger partial charge in [0, 0.05) is 15.6 Å². The minimum absolute atomic E-state index is 0.0788. The van der Waals surface area contributed by atoms with Crippen LogP contribution in [0.5, 0.6) is 0 Å². The summed E-state index contributed by atoms with van der Waals surface area (Å²) < 4.78 is 0. The van der Waals surface area contributed by atoms with Crippen molar-refractivity contribution in [1.29, 1.82) is 0 Å². The maximum absolute atomic E-state index is 12.3. The highest BCUT2D eigenvalue weighted by atomic mass is 35.5. The summed E-state index contributed by atoms with van der Waals surface area (Å²) >= 11 is 7.69. The van der Waals surface area contributed by atoms with Crippen molar-refractivity contribution >= 4 is 40.4 Å². The van der Waals surface area contributed by atoms with Gasteiger partial charge in [-0.15, -0.1) is 11.3 Å². The smallest absolute Gasteiger partial charge is 0.243 e. The average Bonchev–Trinajstić information content (AvgIpc) is 3.25. The molecule has 0 saturated heterocycles. The second-order valence-corrected chi connectivity index (χ2v) is 7.86. The zero-order valence-corrected chi connectivity index (χ0v) is 17.5. The molecule has 2 amide bonds. The van der Waals surface area contributed by atoms with Crippen molar-refractivity contribution < 1.29 is 9.59 Å². The minimum Gasteiger partial charge on any atom is -0.346 e. The fourth-order valence-electron chi connectivity index (χ4n) is 2.86. The maximum Gasteiger partial charge on any atom is 0.243 e. The second-order valence-electron chi connectivity index (χ2n) is 6.48. The van der Waals surface area contributed by atoms with Crippen LogP contribution in [0, 0.1) is 6.92 Å². The lowest BCUT2D eigenvalue weighted by Crippen LogP contribution is -2.39. The lowest BCUT2D eigenvalue weighted by Gasteiger charge is -2.18. The van der Waals surface area contributed by atoms with Gasteiger partial charge in [-0.1, -0.05) is 54.1 Å². The Bertz CT molecular complexity index is 961. The lowest BCUT2D eigenvalue weighted by molar-refractivity contribution is -0.123. The van der Waals surface area contributed by atoms with Crippen LogP contribution in [-0.2, 0) is 9.59 Å². The Morgan fingerprint density at radius 2 is 1.76 bits per heavy atom. The summed E-state index contributed by atoms with van der Waals surface area (Å²) in [6, 6.07) is 19.2. The summed E-state index contributed by atoms with van der Waals surface area (Å²) in [6.45, 7) is 1.82. The molecule has 0 bridgehead atoms. The Morgan fingerprint density at radius 3 is 2.48 bits per heavy atom. The molecule has 0 aliphatic carbocycles. The molecule has 1 aromatic heterocycles. The molecule has 3 N–H and O–H groups in total. The van der Waals surface area contributed by atoms with Crippen molar-refractivity contribution in [3.63, 3.8) is 0 Å². The summed E-state index contributed by atoms with van der Waals surface area (Å²) in [7, 11) is 0. The van der Waals surface area contributed by atoms with Crippen LogP contribution < -0.4 is 16.0 Å². The molecule has 5 nitrogen and oxygen atoms in total. The average molecular weight is 428 g/mol. The van der Waals surface area contributed by atoms with Crippen LogP contribution in [0.3, 0.4) is 0 Å². The van der Waals surface area contributed by atoms with E-state index in [1.54, 1.807) is 29.5 Å². The molecule has 0 spiro atoms. The Morgan fingerprint density at radius 1 is 0.966 bits per heavy atom. The molecule has 29 heavy (non-hydrogen) atoms. The first-order valence-corrected chi connectivity index (χ1v) is 10.4. The Balaban J connectivity index is 1.52. The number of carbonyl (C=O) groups excluding carboxylic acids is 2. The zero-order chi connectivity index (χ0) is 20.6. The van der Waals surface area contributed by atoms with Gasteiger partial charge in [-0.25, -0.2) is 0 Å². The van der Waals surface area contributed by atoms with Crippen LogP contribution in [0.4, 0.5) is 5.69 Å². The first kappa shape index (κ1) is 21.0. The van der Waals surface area contributed by atoms with Gasteiger partial charge in [0.15, 0.2) is 0 Å². The molecule has 0 aliphatic rings. The maximum atomic E-state index is 12.3. The van der Waals surface area contributed by atoms with Crippen molar-refractivity contribution in [2.24, 2.45) is 0 Å². The number of halogens is 1. The van der Waals surface area contributed by atoms with Crippen LogP contribution in [0.15, 0.2) is 66.0 Å². The molecule has 7 heteroatoms. The third kappa shape index (κ3) is 5.90. The molecule has 0 saturated carbocycles. The quantitative estimate of drug-likeness (QED) is 0.506. The summed E-state index contributed by atoms with van der Waals surface area (Å²) in [5, 5.41) is 11.3. The van der Waals surface area contributed by atoms with Gasteiger partial charge in [0.1, 0.15) is 0 Å². The Hall–Kier alpha value is -2.67. The molecule has 1 unspecified atom stereocenters. The van der Waals surface area contributed by atoms with Crippen molar-refractivity contribution in [3.05, 3.63) is 87.1 Å². The van der Waals surface area contributed by atoms with E-state index in [2.05, 4.69) is 16.0 Å². The van der Waals surface area contributed by atoms with Crippen molar-refractivity contribution in [2.75, 3.05) is 18.4 Å². The fraction of sp³-hybridized carbons (Fsp3) is 0.182. The lowest BCUT2D eigenvalue weighted by atomic mass is 10.1. The van der Waals surface area contributed by atoms with E-state index in [4.69, 9.17) is 11.6 Å². The van der Waals surface area contributed by atoms with Gasteiger partial charge in [0.2, 0.25) is 11.8 Å². The number of amides is 2. The van der Waals surface area contributed by atoms with Crippen LogP contribution in [0.2, 0.25) is 5.02 Å². The molecular formula is C22H22ClN3O2S. The van der Waals surface area contributed by atoms with Crippen LogP contribution in [0.1, 0.15) is 22.0 Å². The van der Waals surface area contributed by atoms with Crippen molar-refractivity contribution in [2.45, 2.75) is 13.0 Å². The van der Waals surface area contributed by atoms with E-state index in [0.29, 0.717) is 10.7 Å². The summed E-state index contributed by atoms with van der Waals surface area (Å²) in [5.41, 5.74) is 2.51. The number of hydrogen-bond acceptors (Lipinski definition) is 4. The van der Waals surface area contributed by atoms with Gasteiger partial charge in [-0.05, 0) is 41.6 Å². The molecule has 1 heterocycles. The molecule has 0 radical (unpaired) electrons. The number of thiophene rings is 1. The predicted molar refractivity (Wildman–Crippen MR) is 118 cm³/mol. The first-order chi connectivity index (χ1) is 14.0. The highest BCUT2D eigenvalue weighted by Crippen LogP contribution is 2.25. The minimum atomic E-state index is -0.304. The highest BCUT2D eigenvalue weighted by molar-refractivity contribution is 7.10. The van der Waals surface area contributed by atoms with Crippen LogP contribution in [0.25, 0.3) is 0 Å². The summed E-state index contributed by atoms with van der Waals surface area (Å²) in [5.74, 6) is -0.554. The second kappa shape index (κ2) is 10.2. The van der Waals surface area contributed by atoms with Gasteiger partial charge in [-0.3, -0.25) is 14.9 Å². The molecule has 150 valence electrons. The predicted octanol–water partition coefficient (Wildman–Crippen LogP) is 4.14. The topological polar surface area (TPSA) is 70.2 Å². The molecule has 2 aromatic carbocycles. The summed E-state index contributed by atoms with van der Waals surface area (Å²) in [6.07, 6.45) is 0. The van der Waals surface area contributed by atoms with E-state index in [-0.39, 0.29) is 30.9 Å². The Kier molecular flexibility index (Phi) is 7.41. The van der Waals surface area contributed by atoms with Gasteiger partial charge in [0.05, 0.1) is 19.1 Å². The number of nitrogens with one attached hydrogen (secondary N) is 3. The molecule has 0 aliphatic heterocycles. The van der Waals surface area contributed by atoms with Gasteiger partial charge in [-0.2, -0.15) is 0 Å². The largest absolute Gasteiger partial charge is 0.346 e.